The smallest absolute Gasteiger partial charge is 0.298 e. The maximum absolute atomic E-state index is 12.8. The zero-order valence-corrected chi connectivity index (χ0v) is 16.9. The van der Waals surface area contributed by atoms with Crippen LogP contribution >= 0.6 is 23.4 Å². The zero-order valence-electron chi connectivity index (χ0n) is 15.4. The van der Waals surface area contributed by atoms with E-state index in [1.54, 1.807) is 37.5 Å². The number of thioether (sulfide) groups is 1. The highest BCUT2D eigenvalue weighted by molar-refractivity contribution is 8.19. The molecule has 144 valence electrons. The predicted octanol–water partition coefficient (Wildman–Crippen LogP) is 5.19. The molecule has 2 aromatic carbocycles. The Morgan fingerprint density at radius 1 is 1.04 bits per heavy atom. The molecule has 0 N–H and O–H groups in total. The molecule has 0 aliphatic carbocycles. The van der Waals surface area contributed by atoms with E-state index >= 15 is 0 Å². The van der Waals surface area contributed by atoms with Crippen LogP contribution in [0.3, 0.4) is 0 Å². The largest absolute Gasteiger partial charge is 0.496 e. The van der Waals surface area contributed by atoms with Gasteiger partial charge in [-0.05, 0) is 67.1 Å². The molecule has 2 saturated heterocycles. The summed E-state index contributed by atoms with van der Waals surface area (Å²) in [6.45, 7) is 2.09. The number of amides is 2. The van der Waals surface area contributed by atoms with E-state index in [9.17, 15) is 9.59 Å². The number of hydrogen-bond acceptors (Lipinski definition) is 5. The highest BCUT2D eigenvalue weighted by Gasteiger charge is 2.36. The first-order valence-electron chi connectivity index (χ1n) is 9.03. The molecule has 0 aromatic heterocycles. The van der Waals surface area contributed by atoms with Crippen molar-refractivity contribution in [2.75, 3.05) is 30.0 Å². The number of halogens is 1. The van der Waals surface area contributed by atoms with Crippen LogP contribution in [0.4, 0.5) is 16.2 Å². The molecule has 0 unspecified atom stereocenters. The third kappa shape index (κ3) is 3.62. The first-order chi connectivity index (χ1) is 13.6. The van der Waals surface area contributed by atoms with E-state index in [0.29, 0.717) is 21.4 Å². The molecule has 2 aromatic rings. The minimum Gasteiger partial charge on any atom is -0.496 e. The summed E-state index contributed by atoms with van der Waals surface area (Å²) < 4.78 is 5.54. The highest BCUT2D eigenvalue weighted by Crippen LogP contribution is 2.38. The molecular weight excluding hydrogens is 396 g/mol. The Morgan fingerprint density at radius 2 is 1.71 bits per heavy atom. The molecule has 2 aliphatic heterocycles. The molecule has 2 heterocycles. The van der Waals surface area contributed by atoms with Crippen molar-refractivity contribution in [2.24, 2.45) is 0 Å². The molecule has 0 bridgehead atoms. The van der Waals surface area contributed by atoms with E-state index in [1.807, 2.05) is 18.2 Å². The number of hydrogen-bond donors (Lipinski definition) is 0. The van der Waals surface area contributed by atoms with Crippen molar-refractivity contribution in [3.63, 3.8) is 0 Å². The van der Waals surface area contributed by atoms with E-state index < -0.39 is 0 Å². The maximum atomic E-state index is 12.8. The normalized spacial score (nSPS) is 18.4. The molecule has 0 spiro atoms. The Kier molecular flexibility index (Phi) is 5.33. The van der Waals surface area contributed by atoms with E-state index in [4.69, 9.17) is 16.3 Å². The van der Waals surface area contributed by atoms with Crippen LogP contribution in [0.25, 0.3) is 6.08 Å². The van der Waals surface area contributed by atoms with Gasteiger partial charge in [-0.25, -0.2) is 4.90 Å². The number of ether oxygens (including phenoxy) is 1. The number of benzene rings is 2. The Bertz CT molecular complexity index is 953. The van der Waals surface area contributed by atoms with Crippen LogP contribution in [0, 0.1) is 0 Å². The van der Waals surface area contributed by atoms with E-state index in [1.165, 1.54) is 12.8 Å². The molecule has 5 nitrogen and oxygen atoms in total. The SMILES string of the molecule is COc1cc(N2CCCC2)ccc1/C=C1/SC(=O)N(c2ccc(Cl)cc2)C1=O. The van der Waals surface area contributed by atoms with Crippen LogP contribution < -0.4 is 14.5 Å². The van der Waals surface area contributed by atoms with Crippen molar-refractivity contribution >= 4 is 52.0 Å². The Labute approximate surface area is 172 Å². The summed E-state index contributed by atoms with van der Waals surface area (Å²) in [5.41, 5.74) is 2.39. The van der Waals surface area contributed by atoms with Crippen molar-refractivity contribution in [1.29, 1.82) is 0 Å². The second-order valence-corrected chi connectivity index (χ2v) is 8.04. The zero-order chi connectivity index (χ0) is 19.7. The molecule has 2 fully saturated rings. The quantitative estimate of drug-likeness (QED) is 0.644. The van der Waals surface area contributed by atoms with Gasteiger partial charge in [-0.2, -0.15) is 0 Å². The summed E-state index contributed by atoms with van der Waals surface area (Å²) in [4.78, 5) is 29.1. The molecule has 4 rings (SSSR count). The lowest BCUT2D eigenvalue weighted by molar-refractivity contribution is -0.113. The number of imide groups is 1. The van der Waals surface area contributed by atoms with Gasteiger partial charge in [-0.3, -0.25) is 9.59 Å². The van der Waals surface area contributed by atoms with Crippen LogP contribution in [-0.4, -0.2) is 31.3 Å². The molecule has 0 saturated carbocycles. The lowest BCUT2D eigenvalue weighted by Crippen LogP contribution is -2.27. The first-order valence-corrected chi connectivity index (χ1v) is 10.2. The number of anilines is 2. The van der Waals surface area contributed by atoms with Gasteiger partial charge in [0.05, 0.1) is 17.7 Å². The molecule has 0 atom stereocenters. The van der Waals surface area contributed by atoms with Gasteiger partial charge in [0.2, 0.25) is 0 Å². The van der Waals surface area contributed by atoms with Crippen LogP contribution in [0.5, 0.6) is 5.75 Å². The molecule has 7 heteroatoms. The summed E-state index contributed by atoms with van der Waals surface area (Å²) in [7, 11) is 1.61. The van der Waals surface area contributed by atoms with Gasteiger partial charge in [0, 0.05) is 35.4 Å². The molecule has 2 amide bonds. The molecule has 0 radical (unpaired) electrons. The van der Waals surface area contributed by atoms with Crippen molar-refractivity contribution in [3.8, 4) is 5.75 Å². The van der Waals surface area contributed by atoms with Crippen molar-refractivity contribution in [3.05, 3.63) is 58.0 Å². The van der Waals surface area contributed by atoms with Gasteiger partial charge in [0.1, 0.15) is 5.75 Å². The maximum Gasteiger partial charge on any atom is 0.298 e. The van der Waals surface area contributed by atoms with Gasteiger partial charge < -0.3 is 9.64 Å². The van der Waals surface area contributed by atoms with E-state index in [0.717, 1.165) is 41.0 Å². The lowest BCUT2D eigenvalue weighted by Gasteiger charge is -2.19. The monoisotopic (exact) mass is 414 g/mol. The van der Waals surface area contributed by atoms with Crippen LogP contribution in [0.15, 0.2) is 47.4 Å². The van der Waals surface area contributed by atoms with Gasteiger partial charge in [0.15, 0.2) is 0 Å². The van der Waals surface area contributed by atoms with Gasteiger partial charge in [-0.1, -0.05) is 11.6 Å². The lowest BCUT2D eigenvalue weighted by atomic mass is 10.1. The molecule has 28 heavy (non-hydrogen) atoms. The van der Waals surface area contributed by atoms with Crippen LogP contribution in [0.1, 0.15) is 18.4 Å². The first kappa shape index (κ1) is 18.9. The average molecular weight is 415 g/mol. The predicted molar refractivity (Wildman–Crippen MR) is 114 cm³/mol. The summed E-state index contributed by atoms with van der Waals surface area (Å²) in [6, 6.07) is 12.6. The highest BCUT2D eigenvalue weighted by atomic mass is 35.5. The number of rotatable bonds is 4. The van der Waals surface area contributed by atoms with E-state index in [-0.39, 0.29) is 11.1 Å². The van der Waals surface area contributed by atoms with Crippen LogP contribution in [0.2, 0.25) is 5.02 Å². The van der Waals surface area contributed by atoms with Gasteiger partial charge in [0.25, 0.3) is 11.1 Å². The number of carbonyl (C=O) groups excluding carboxylic acids is 2. The summed E-state index contributed by atoms with van der Waals surface area (Å²) in [5.74, 6) is 0.339. The Morgan fingerprint density at radius 3 is 2.39 bits per heavy atom. The standard InChI is InChI=1S/C21H19ClN2O3S/c1-27-18-13-17(23-10-2-3-11-23)7-4-14(18)12-19-20(25)24(21(26)28-19)16-8-5-15(22)6-9-16/h4-9,12-13H,2-3,10-11H2,1H3/b19-12+. The fourth-order valence-electron chi connectivity index (χ4n) is 3.41. The van der Waals surface area contributed by atoms with Gasteiger partial charge >= 0.3 is 0 Å². The van der Waals surface area contributed by atoms with Crippen molar-refractivity contribution in [2.45, 2.75) is 12.8 Å². The number of nitrogens with zero attached hydrogens (tertiary/aromatic N) is 2. The van der Waals surface area contributed by atoms with E-state index in [2.05, 4.69) is 4.90 Å². The van der Waals surface area contributed by atoms with Gasteiger partial charge in [-0.15, -0.1) is 0 Å². The number of methoxy groups -OCH3 is 1. The Balaban J connectivity index is 1.62. The number of carbonyl (C=O) groups is 2. The third-order valence-electron chi connectivity index (χ3n) is 4.85. The summed E-state index contributed by atoms with van der Waals surface area (Å²) in [6.07, 6.45) is 4.11. The topological polar surface area (TPSA) is 49.9 Å². The fraction of sp³-hybridized carbons (Fsp3) is 0.238. The fourth-order valence-corrected chi connectivity index (χ4v) is 4.37. The second kappa shape index (κ2) is 7.89. The Hall–Kier alpha value is -2.44. The minimum absolute atomic E-state index is 0.328. The molecule has 2 aliphatic rings. The van der Waals surface area contributed by atoms with Crippen molar-refractivity contribution < 1.29 is 14.3 Å². The second-order valence-electron chi connectivity index (χ2n) is 6.61. The molecular formula is C21H19ClN2O3S. The third-order valence-corrected chi connectivity index (χ3v) is 5.97. The average Bonchev–Trinajstić information content (AvgIpc) is 3.32. The summed E-state index contributed by atoms with van der Waals surface area (Å²) in [5, 5.41) is 0.223. The van der Waals surface area contributed by atoms with Crippen molar-refractivity contribution in [1.82, 2.24) is 0 Å². The van der Waals surface area contributed by atoms with Crippen LogP contribution in [-0.2, 0) is 4.79 Å². The summed E-state index contributed by atoms with van der Waals surface area (Å²) >= 11 is 6.82. The minimum atomic E-state index is -0.344.